The normalized spacial score (nSPS) is 10.7. The van der Waals surface area contributed by atoms with Crippen molar-refractivity contribution in [1.82, 2.24) is 0 Å². The number of hydrogen-bond donors (Lipinski definition) is 0. The third-order valence-electron chi connectivity index (χ3n) is 2.63. The molecule has 8 heteroatoms. The Kier molecular flexibility index (Phi) is 8.48. The molecule has 1 aromatic carbocycles. The van der Waals surface area contributed by atoms with Crippen LogP contribution in [0, 0.1) is 5.92 Å². The van der Waals surface area contributed by atoms with Crippen LogP contribution in [0.2, 0.25) is 20.1 Å². The zero-order valence-electron chi connectivity index (χ0n) is 12.6. The number of hydrogen-bond acceptors (Lipinski definition) is 4. The minimum absolute atomic E-state index is 0.00533. The van der Waals surface area contributed by atoms with Crippen LogP contribution in [-0.4, -0.2) is 18.5 Å². The summed E-state index contributed by atoms with van der Waals surface area (Å²) in [6, 6.07) is 1.36. The first-order valence-electron chi connectivity index (χ1n) is 6.91. The van der Waals surface area contributed by atoms with E-state index >= 15 is 0 Å². The van der Waals surface area contributed by atoms with Crippen LogP contribution in [0.4, 0.5) is 0 Å². The van der Waals surface area contributed by atoms with Crippen LogP contribution in [-0.2, 0) is 14.3 Å². The van der Waals surface area contributed by atoms with Gasteiger partial charge < -0.3 is 9.47 Å². The zero-order valence-corrected chi connectivity index (χ0v) is 15.7. The van der Waals surface area contributed by atoms with Gasteiger partial charge in [0.15, 0.2) is 5.75 Å². The van der Waals surface area contributed by atoms with E-state index in [9.17, 15) is 9.59 Å². The predicted octanol–water partition coefficient (Wildman–Crippen LogP) is 5.58. The third kappa shape index (κ3) is 6.76. The molecule has 0 N–H and O–H groups in total. The van der Waals surface area contributed by atoms with Gasteiger partial charge in [-0.15, -0.1) is 0 Å². The number of carbonyl (C=O) groups is 2. The Hall–Kier alpha value is -0.680. The van der Waals surface area contributed by atoms with Gasteiger partial charge in [0.25, 0.3) is 0 Å². The van der Waals surface area contributed by atoms with Crippen molar-refractivity contribution < 1.29 is 19.1 Å². The highest BCUT2D eigenvalue weighted by molar-refractivity contribution is 6.48. The maximum absolute atomic E-state index is 11.8. The fourth-order valence-corrected chi connectivity index (χ4v) is 2.38. The number of ether oxygens (including phenoxy) is 2. The summed E-state index contributed by atoms with van der Waals surface area (Å²) in [4.78, 5) is 23.2. The molecule has 0 spiro atoms. The number of halogens is 4. The van der Waals surface area contributed by atoms with E-state index in [-0.39, 0.29) is 50.6 Å². The highest BCUT2D eigenvalue weighted by Gasteiger charge is 2.18. The molecule has 0 bridgehead atoms. The summed E-state index contributed by atoms with van der Waals surface area (Å²) in [5, 5.41) is 0.263. The monoisotopic (exact) mass is 400 g/mol. The van der Waals surface area contributed by atoms with E-state index in [4.69, 9.17) is 55.9 Å². The topological polar surface area (TPSA) is 52.6 Å². The van der Waals surface area contributed by atoms with Crippen LogP contribution in [0.25, 0.3) is 0 Å². The van der Waals surface area contributed by atoms with E-state index in [1.165, 1.54) is 6.07 Å². The molecular weight excluding hydrogens is 386 g/mol. The average molecular weight is 402 g/mol. The van der Waals surface area contributed by atoms with Crippen LogP contribution >= 0.6 is 46.4 Å². The van der Waals surface area contributed by atoms with E-state index in [0.29, 0.717) is 13.0 Å². The number of benzene rings is 1. The molecule has 0 heterocycles. The second kappa shape index (κ2) is 9.58. The molecule has 0 saturated heterocycles. The summed E-state index contributed by atoms with van der Waals surface area (Å²) in [6.45, 7) is 4.23. The first-order chi connectivity index (χ1) is 10.7. The highest BCUT2D eigenvalue weighted by atomic mass is 35.5. The molecule has 0 amide bonds. The lowest BCUT2D eigenvalue weighted by atomic mass is 10.2. The van der Waals surface area contributed by atoms with Crippen molar-refractivity contribution in [3.63, 3.8) is 0 Å². The highest BCUT2D eigenvalue weighted by Crippen LogP contribution is 2.42. The molecule has 0 aliphatic heterocycles. The van der Waals surface area contributed by atoms with E-state index in [1.54, 1.807) is 0 Å². The van der Waals surface area contributed by atoms with Crippen molar-refractivity contribution in [2.75, 3.05) is 6.61 Å². The van der Waals surface area contributed by atoms with Gasteiger partial charge in [-0.3, -0.25) is 9.59 Å². The molecule has 0 unspecified atom stereocenters. The van der Waals surface area contributed by atoms with Gasteiger partial charge in [-0.2, -0.15) is 0 Å². The second-order valence-corrected chi connectivity index (χ2v) is 6.77. The summed E-state index contributed by atoms with van der Waals surface area (Å²) in [7, 11) is 0. The molecule has 4 nitrogen and oxygen atoms in total. The molecule has 0 radical (unpaired) electrons. The second-order valence-electron chi connectivity index (χ2n) is 5.20. The Morgan fingerprint density at radius 3 is 2.04 bits per heavy atom. The van der Waals surface area contributed by atoms with Gasteiger partial charge >= 0.3 is 11.9 Å². The molecule has 0 saturated carbocycles. The number of esters is 2. The molecule has 0 atom stereocenters. The molecule has 0 aromatic heterocycles. The van der Waals surface area contributed by atoms with Gasteiger partial charge in [0, 0.05) is 12.8 Å². The minimum Gasteiger partial charge on any atom is -0.465 e. The van der Waals surface area contributed by atoms with Crippen LogP contribution in [0.3, 0.4) is 0 Å². The van der Waals surface area contributed by atoms with Crippen LogP contribution in [0.1, 0.15) is 33.1 Å². The van der Waals surface area contributed by atoms with Crippen LogP contribution < -0.4 is 4.74 Å². The van der Waals surface area contributed by atoms with Gasteiger partial charge in [0.2, 0.25) is 0 Å². The maximum Gasteiger partial charge on any atom is 0.311 e. The Morgan fingerprint density at radius 2 is 1.52 bits per heavy atom. The molecule has 0 fully saturated rings. The SMILES string of the molecule is CC(C)COC(=O)CCCC(=O)Oc1c(Cl)c(Cl)cc(Cl)c1Cl. The molecule has 23 heavy (non-hydrogen) atoms. The summed E-state index contributed by atoms with van der Waals surface area (Å²) in [6.07, 6.45) is 0.423. The molecule has 0 aliphatic carbocycles. The van der Waals surface area contributed by atoms with Gasteiger partial charge in [0.1, 0.15) is 10.0 Å². The lowest BCUT2D eigenvalue weighted by Crippen LogP contribution is -2.12. The smallest absolute Gasteiger partial charge is 0.311 e. The maximum atomic E-state index is 11.8. The first-order valence-corrected chi connectivity index (χ1v) is 8.42. The van der Waals surface area contributed by atoms with Gasteiger partial charge in [0.05, 0.1) is 16.7 Å². The summed E-state index contributed by atoms with van der Waals surface area (Å²) in [5.41, 5.74) is 0. The molecule has 0 aliphatic rings. The van der Waals surface area contributed by atoms with Crippen LogP contribution in [0.5, 0.6) is 5.75 Å². The summed E-state index contributed by atoms with van der Waals surface area (Å²) < 4.78 is 10.1. The number of carbonyl (C=O) groups excluding carboxylic acids is 2. The Morgan fingerprint density at radius 1 is 1.00 bits per heavy atom. The average Bonchev–Trinajstić information content (AvgIpc) is 2.47. The van der Waals surface area contributed by atoms with E-state index in [2.05, 4.69) is 0 Å². The summed E-state index contributed by atoms with van der Waals surface area (Å²) in [5.74, 6) is -0.767. The standard InChI is InChI=1S/C15H16Cl4O4/c1-8(2)7-22-11(20)4-3-5-12(21)23-15-13(18)9(16)6-10(17)14(15)19/h6,8H,3-5,7H2,1-2H3. The fourth-order valence-electron chi connectivity index (χ4n) is 1.51. The van der Waals surface area contributed by atoms with Crippen molar-refractivity contribution in [2.45, 2.75) is 33.1 Å². The van der Waals surface area contributed by atoms with Crippen molar-refractivity contribution in [2.24, 2.45) is 5.92 Å². The van der Waals surface area contributed by atoms with Gasteiger partial charge in [-0.1, -0.05) is 60.3 Å². The molecule has 1 aromatic rings. The first kappa shape index (κ1) is 20.4. The number of rotatable bonds is 7. The van der Waals surface area contributed by atoms with E-state index in [0.717, 1.165) is 0 Å². The van der Waals surface area contributed by atoms with Crippen molar-refractivity contribution >= 4 is 58.3 Å². The van der Waals surface area contributed by atoms with Crippen molar-refractivity contribution in [3.8, 4) is 5.75 Å². The Balaban J connectivity index is 2.51. The van der Waals surface area contributed by atoms with Crippen LogP contribution in [0.15, 0.2) is 6.07 Å². The lowest BCUT2D eigenvalue weighted by molar-refractivity contribution is -0.145. The van der Waals surface area contributed by atoms with E-state index in [1.807, 2.05) is 13.8 Å². The predicted molar refractivity (Wildman–Crippen MR) is 91.8 cm³/mol. The molecule has 128 valence electrons. The van der Waals surface area contributed by atoms with Crippen molar-refractivity contribution in [3.05, 3.63) is 26.2 Å². The molecular formula is C15H16Cl4O4. The molecule has 1 rings (SSSR count). The van der Waals surface area contributed by atoms with Gasteiger partial charge in [-0.25, -0.2) is 0 Å². The largest absolute Gasteiger partial charge is 0.465 e. The van der Waals surface area contributed by atoms with Crippen molar-refractivity contribution in [1.29, 1.82) is 0 Å². The minimum atomic E-state index is -0.594. The Labute approximate surface area is 154 Å². The Bertz CT molecular complexity index is 561. The van der Waals surface area contributed by atoms with E-state index < -0.39 is 5.97 Å². The zero-order chi connectivity index (χ0) is 17.6. The van der Waals surface area contributed by atoms with Gasteiger partial charge in [-0.05, 0) is 18.4 Å². The summed E-state index contributed by atoms with van der Waals surface area (Å²) >= 11 is 23.6. The fraction of sp³-hybridized carbons (Fsp3) is 0.467. The lowest BCUT2D eigenvalue weighted by Gasteiger charge is -2.11. The quantitative estimate of drug-likeness (QED) is 0.340. The third-order valence-corrected chi connectivity index (χ3v) is 4.17.